The van der Waals surface area contributed by atoms with E-state index in [1.54, 1.807) is 0 Å². The maximum absolute atomic E-state index is 8.81. The molecule has 0 aliphatic heterocycles. The maximum atomic E-state index is 8.81. The molecular weight excluding hydrogens is 280 g/mol. The summed E-state index contributed by atoms with van der Waals surface area (Å²) in [5.74, 6) is 0. The minimum Gasteiger partial charge on any atom is -0.457 e. The Morgan fingerprint density at radius 2 is 1.65 bits per heavy atom. The zero-order chi connectivity index (χ0) is 13.4. The van der Waals surface area contributed by atoms with Gasteiger partial charge < -0.3 is 13.3 Å². The van der Waals surface area contributed by atoms with Crippen molar-refractivity contribution in [3.8, 4) is 0 Å². The van der Waals surface area contributed by atoms with Crippen molar-refractivity contribution in [2.75, 3.05) is 6.61 Å². The summed E-state index contributed by atoms with van der Waals surface area (Å²) >= 11 is 0. The van der Waals surface area contributed by atoms with E-state index in [1.165, 1.54) is 12.5 Å². The van der Waals surface area contributed by atoms with Crippen molar-refractivity contribution in [3.05, 3.63) is 0 Å². The number of aliphatic hydroxyl groups is 1. The molecule has 0 unspecified atom stereocenters. The van der Waals surface area contributed by atoms with Crippen molar-refractivity contribution in [2.45, 2.75) is 57.2 Å². The van der Waals surface area contributed by atoms with Gasteiger partial charge in [-0.3, -0.25) is 0 Å². The van der Waals surface area contributed by atoms with Crippen LogP contribution in [0.25, 0.3) is 0 Å². The SMILES string of the molecule is C[Si](C)(CCC[Si]O[Si](C)(C)CCCO)O[Si]. The molecule has 0 fully saturated rings. The Hall–Kier alpha value is 0.748. The molecule has 17 heavy (non-hydrogen) atoms. The van der Waals surface area contributed by atoms with Crippen molar-refractivity contribution in [3.63, 3.8) is 0 Å². The van der Waals surface area contributed by atoms with Crippen molar-refractivity contribution < 1.29 is 13.3 Å². The molecule has 0 aromatic carbocycles. The van der Waals surface area contributed by atoms with Gasteiger partial charge in [-0.25, -0.2) is 0 Å². The first-order chi connectivity index (χ1) is 7.83. The molecule has 0 amide bonds. The lowest BCUT2D eigenvalue weighted by Gasteiger charge is -2.23. The maximum Gasteiger partial charge on any atom is 0.230 e. The molecule has 3 nitrogen and oxygen atoms in total. The van der Waals surface area contributed by atoms with Crippen LogP contribution in [-0.4, -0.2) is 48.6 Å². The average Bonchev–Trinajstić information content (AvgIpc) is 2.26. The van der Waals surface area contributed by atoms with Crippen LogP contribution in [0.5, 0.6) is 0 Å². The molecule has 0 bridgehead atoms. The van der Waals surface area contributed by atoms with E-state index in [0.717, 1.165) is 18.5 Å². The van der Waals surface area contributed by atoms with Crippen molar-refractivity contribution in [1.82, 2.24) is 0 Å². The quantitative estimate of drug-likeness (QED) is 0.497. The Bertz CT molecular complexity index is 200. The standard InChI is InChI=1S/C10H25O3Si4/c1-16(2,12-14)10-6-8-15-13-17(3,4)9-5-7-11/h11H,5-10H2,1-4H3. The number of hydrogen-bond acceptors (Lipinski definition) is 3. The molecule has 1 N–H and O–H groups in total. The summed E-state index contributed by atoms with van der Waals surface area (Å²) in [5, 5.41) is 8.81. The molecule has 0 saturated heterocycles. The van der Waals surface area contributed by atoms with E-state index in [-0.39, 0.29) is 6.61 Å². The molecule has 0 aromatic heterocycles. The van der Waals surface area contributed by atoms with Gasteiger partial charge in [-0.05, 0) is 50.7 Å². The Morgan fingerprint density at radius 3 is 2.18 bits per heavy atom. The van der Waals surface area contributed by atoms with Gasteiger partial charge in [0.1, 0.15) is 0 Å². The lowest BCUT2D eigenvalue weighted by molar-refractivity contribution is 0.293. The van der Waals surface area contributed by atoms with Gasteiger partial charge >= 0.3 is 0 Å². The summed E-state index contributed by atoms with van der Waals surface area (Å²) in [6.07, 6.45) is 2.06. The fraction of sp³-hybridized carbons (Fsp3) is 1.00. The first-order valence-corrected chi connectivity index (χ1v) is 13.9. The van der Waals surface area contributed by atoms with Crippen LogP contribution in [-0.2, 0) is 8.23 Å². The number of hydrogen-bond donors (Lipinski definition) is 1. The monoisotopic (exact) mass is 305 g/mol. The topological polar surface area (TPSA) is 38.7 Å². The zero-order valence-corrected chi connectivity index (χ0v) is 15.5. The fourth-order valence-electron chi connectivity index (χ4n) is 1.44. The van der Waals surface area contributed by atoms with Gasteiger partial charge in [-0.1, -0.05) is 6.42 Å². The van der Waals surface area contributed by atoms with Gasteiger partial charge in [0.05, 0.1) is 0 Å². The van der Waals surface area contributed by atoms with Crippen LogP contribution in [0.1, 0.15) is 12.8 Å². The second-order valence-electron chi connectivity index (χ2n) is 5.55. The lowest BCUT2D eigenvalue weighted by atomic mass is 10.5. The summed E-state index contributed by atoms with van der Waals surface area (Å²) in [5.41, 5.74) is 0. The summed E-state index contributed by atoms with van der Waals surface area (Å²) in [4.78, 5) is 0. The van der Waals surface area contributed by atoms with Crippen LogP contribution < -0.4 is 0 Å². The highest BCUT2D eigenvalue weighted by Gasteiger charge is 2.22. The van der Waals surface area contributed by atoms with Gasteiger partial charge in [0, 0.05) is 6.61 Å². The van der Waals surface area contributed by atoms with E-state index in [2.05, 4.69) is 36.7 Å². The molecule has 0 atom stereocenters. The average molecular weight is 306 g/mol. The van der Waals surface area contributed by atoms with E-state index < -0.39 is 16.6 Å². The van der Waals surface area contributed by atoms with Crippen LogP contribution in [0.3, 0.4) is 0 Å². The highest BCUT2D eigenvalue weighted by molar-refractivity contribution is 6.75. The van der Waals surface area contributed by atoms with Crippen molar-refractivity contribution in [2.24, 2.45) is 0 Å². The van der Waals surface area contributed by atoms with Gasteiger partial charge in [-0.15, -0.1) is 0 Å². The minimum atomic E-state index is -1.51. The summed E-state index contributed by atoms with van der Waals surface area (Å²) in [7, 11) is 0.818. The molecular formula is C10H25O3Si4. The molecule has 0 aliphatic rings. The second-order valence-corrected chi connectivity index (χ2v) is 16.0. The molecule has 0 rings (SSSR count). The first kappa shape index (κ1) is 17.7. The second kappa shape index (κ2) is 8.78. The summed E-state index contributed by atoms with van der Waals surface area (Å²) < 4.78 is 11.3. The predicted molar refractivity (Wildman–Crippen MR) is 79.4 cm³/mol. The highest BCUT2D eigenvalue weighted by atomic mass is 28.4. The molecule has 99 valence electrons. The van der Waals surface area contributed by atoms with E-state index in [9.17, 15) is 0 Å². The van der Waals surface area contributed by atoms with E-state index in [1.807, 2.05) is 0 Å². The molecule has 5 radical (unpaired) electrons. The van der Waals surface area contributed by atoms with Crippen LogP contribution >= 0.6 is 0 Å². The number of rotatable bonds is 10. The van der Waals surface area contributed by atoms with Crippen LogP contribution in [0, 0.1) is 0 Å². The van der Waals surface area contributed by atoms with Gasteiger partial charge in [-0.2, -0.15) is 0 Å². The third-order valence-corrected chi connectivity index (χ3v) is 11.3. The number of aliphatic hydroxyl groups excluding tert-OH is 1. The van der Waals surface area contributed by atoms with Gasteiger partial charge in [0.15, 0.2) is 16.6 Å². The van der Waals surface area contributed by atoms with E-state index >= 15 is 0 Å². The zero-order valence-electron chi connectivity index (χ0n) is 11.5. The Morgan fingerprint density at radius 1 is 1.06 bits per heavy atom. The van der Waals surface area contributed by atoms with Crippen LogP contribution in [0.2, 0.25) is 44.3 Å². The molecule has 0 spiro atoms. The molecule has 0 saturated carbocycles. The minimum absolute atomic E-state index is 0.283. The molecule has 0 aliphatic carbocycles. The van der Waals surface area contributed by atoms with Crippen LogP contribution in [0.4, 0.5) is 0 Å². The lowest BCUT2D eigenvalue weighted by Crippen LogP contribution is -2.32. The first-order valence-electron chi connectivity index (χ1n) is 6.19. The summed E-state index contributed by atoms with van der Waals surface area (Å²) in [6.45, 7) is 9.17. The van der Waals surface area contributed by atoms with Crippen molar-refractivity contribution >= 4 is 36.9 Å². The van der Waals surface area contributed by atoms with E-state index in [4.69, 9.17) is 13.3 Å². The largest absolute Gasteiger partial charge is 0.457 e. The Balaban J connectivity index is 3.57. The Labute approximate surface area is 114 Å². The molecule has 0 heterocycles. The molecule has 7 heteroatoms. The van der Waals surface area contributed by atoms with Gasteiger partial charge in [0.25, 0.3) is 0 Å². The predicted octanol–water partition coefficient (Wildman–Crippen LogP) is 2.32. The highest BCUT2D eigenvalue weighted by Crippen LogP contribution is 2.16. The van der Waals surface area contributed by atoms with E-state index in [0.29, 0.717) is 9.76 Å². The smallest absolute Gasteiger partial charge is 0.230 e. The van der Waals surface area contributed by atoms with Crippen molar-refractivity contribution in [1.29, 1.82) is 0 Å². The van der Waals surface area contributed by atoms with Crippen LogP contribution in [0.15, 0.2) is 0 Å². The third-order valence-electron chi connectivity index (χ3n) is 2.62. The Kier molecular flexibility index (Phi) is 9.17. The normalized spacial score (nSPS) is 13.1. The summed E-state index contributed by atoms with van der Waals surface area (Å²) in [6, 6.07) is 3.37. The fourth-order valence-corrected chi connectivity index (χ4v) is 6.94. The third kappa shape index (κ3) is 10.4. The molecule has 0 aromatic rings. The van der Waals surface area contributed by atoms with Gasteiger partial charge in [0.2, 0.25) is 20.2 Å².